The molecule has 0 bridgehead atoms. The van der Waals surface area contributed by atoms with E-state index in [0.717, 1.165) is 37.4 Å². The number of methoxy groups -OCH3 is 1. The molecule has 2 rings (SSSR count). The molecule has 2 N–H and O–H groups in total. The number of nitrogens with zero attached hydrogens (tertiary/aromatic N) is 1. The third-order valence-corrected chi connectivity index (χ3v) is 3.54. The van der Waals surface area contributed by atoms with E-state index in [-0.39, 0.29) is 24.4 Å². The van der Waals surface area contributed by atoms with Gasteiger partial charge in [0, 0.05) is 19.1 Å². The van der Waals surface area contributed by atoms with Gasteiger partial charge >= 0.3 is 0 Å². The van der Waals surface area contributed by atoms with Gasteiger partial charge in [-0.15, -0.1) is 12.4 Å². The topological polar surface area (TPSA) is 64.8 Å². The van der Waals surface area contributed by atoms with Crippen LogP contribution in [-0.4, -0.2) is 43.7 Å². The molecule has 1 saturated heterocycles. The van der Waals surface area contributed by atoms with Gasteiger partial charge in [-0.05, 0) is 37.1 Å². The highest BCUT2D eigenvalue weighted by atomic mass is 35.5. The quantitative estimate of drug-likeness (QED) is 0.900. The Kier molecular flexibility index (Phi) is 7.32. The number of benzene rings is 1. The van der Waals surface area contributed by atoms with Crippen LogP contribution >= 0.6 is 12.4 Å². The second kappa shape index (κ2) is 8.74. The number of amides is 1. The maximum atomic E-state index is 12.0. The fraction of sp³-hybridized carbons (Fsp3) is 0.533. The molecule has 0 radical (unpaired) electrons. The van der Waals surface area contributed by atoms with Crippen LogP contribution in [0.3, 0.4) is 0 Å². The van der Waals surface area contributed by atoms with Crippen LogP contribution in [0.2, 0.25) is 0 Å². The zero-order valence-corrected chi connectivity index (χ0v) is 13.1. The second-order valence-corrected chi connectivity index (χ2v) is 4.99. The molecule has 0 spiro atoms. The van der Waals surface area contributed by atoms with Gasteiger partial charge in [-0.1, -0.05) is 0 Å². The van der Waals surface area contributed by atoms with E-state index in [9.17, 15) is 4.79 Å². The molecule has 6 heteroatoms. The normalized spacial score (nSPS) is 15.2. The van der Waals surface area contributed by atoms with Gasteiger partial charge in [0.05, 0.1) is 20.1 Å². The lowest BCUT2D eigenvalue weighted by Gasteiger charge is -2.30. The lowest BCUT2D eigenvalue weighted by Crippen LogP contribution is -2.43. The van der Waals surface area contributed by atoms with Crippen LogP contribution in [0.5, 0.6) is 11.5 Å². The number of halogens is 1. The van der Waals surface area contributed by atoms with Gasteiger partial charge in [0.1, 0.15) is 11.5 Å². The molecule has 0 aromatic heterocycles. The fourth-order valence-electron chi connectivity index (χ4n) is 2.24. The van der Waals surface area contributed by atoms with Gasteiger partial charge < -0.3 is 20.1 Å². The van der Waals surface area contributed by atoms with E-state index >= 15 is 0 Å². The first-order valence-electron chi connectivity index (χ1n) is 6.99. The molecule has 1 amide bonds. The summed E-state index contributed by atoms with van der Waals surface area (Å²) in [7, 11) is 1.62. The third-order valence-electron chi connectivity index (χ3n) is 3.54. The smallest absolute Gasteiger partial charge is 0.225 e. The van der Waals surface area contributed by atoms with E-state index in [1.165, 1.54) is 0 Å². The molecule has 1 aromatic rings. The van der Waals surface area contributed by atoms with E-state index in [4.69, 9.17) is 15.2 Å². The van der Waals surface area contributed by atoms with E-state index in [2.05, 4.69) is 0 Å². The minimum Gasteiger partial charge on any atom is -0.497 e. The maximum absolute atomic E-state index is 12.0. The van der Waals surface area contributed by atoms with Crippen molar-refractivity contribution in [1.29, 1.82) is 0 Å². The fourth-order valence-corrected chi connectivity index (χ4v) is 2.24. The van der Waals surface area contributed by atoms with Crippen molar-refractivity contribution in [2.24, 2.45) is 5.73 Å². The van der Waals surface area contributed by atoms with Gasteiger partial charge in [0.2, 0.25) is 5.91 Å². The molecule has 1 aliphatic rings. The van der Waals surface area contributed by atoms with Gasteiger partial charge in [0.15, 0.2) is 0 Å². The summed E-state index contributed by atoms with van der Waals surface area (Å²) in [6.07, 6.45) is 2.19. The molecule has 5 nitrogen and oxygen atoms in total. The Labute approximate surface area is 131 Å². The molecule has 1 heterocycles. The van der Waals surface area contributed by atoms with Crippen LogP contribution in [0.25, 0.3) is 0 Å². The number of carbonyl (C=O) groups is 1. The molecule has 0 saturated carbocycles. The Hall–Kier alpha value is -1.46. The summed E-state index contributed by atoms with van der Waals surface area (Å²) in [6.45, 7) is 1.93. The van der Waals surface area contributed by atoms with Crippen LogP contribution in [0.1, 0.15) is 19.3 Å². The van der Waals surface area contributed by atoms with E-state index < -0.39 is 0 Å². The molecule has 0 aliphatic carbocycles. The monoisotopic (exact) mass is 314 g/mol. The van der Waals surface area contributed by atoms with Crippen molar-refractivity contribution in [2.75, 3.05) is 26.8 Å². The predicted molar refractivity (Wildman–Crippen MR) is 84.1 cm³/mol. The second-order valence-electron chi connectivity index (χ2n) is 4.99. The summed E-state index contributed by atoms with van der Waals surface area (Å²) >= 11 is 0. The number of ether oxygens (including phenoxy) is 2. The molecule has 1 aliphatic heterocycles. The number of likely N-dealkylation sites (tertiary alicyclic amines) is 1. The summed E-state index contributed by atoms with van der Waals surface area (Å²) in [4.78, 5) is 13.9. The van der Waals surface area contributed by atoms with Crippen LogP contribution in [-0.2, 0) is 4.79 Å². The maximum Gasteiger partial charge on any atom is 0.225 e. The Morgan fingerprint density at radius 1 is 1.24 bits per heavy atom. The molecule has 0 unspecified atom stereocenters. The summed E-state index contributed by atoms with van der Waals surface area (Å²) in [5, 5.41) is 0. The van der Waals surface area contributed by atoms with Crippen molar-refractivity contribution in [3.8, 4) is 11.5 Å². The minimum atomic E-state index is 0. The van der Waals surface area contributed by atoms with Crippen molar-refractivity contribution >= 4 is 18.3 Å². The standard InChI is InChI=1S/C15H22N2O3.ClH/c1-19-13-2-4-14(5-3-13)20-11-8-15(18)17-9-6-12(16)7-10-17;/h2-5,12H,6-11,16H2,1H3;1H. The molecular formula is C15H23ClN2O3. The minimum absolute atomic E-state index is 0. The van der Waals surface area contributed by atoms with Gasteiger partial charge in [0.25, 0.3) is 0 Å². The third kappa shape index (κ3) is 5.44. The summed E-state index contributed by atoms with van der Waals surface area (Å²) < 4.78 is 10.6. The molecule has 0 atom stereocenters. The van der Waals surface area contributed by atoms with Crippen molar-refractivity contribution in [2.45, 2.75) is 25.3 Å². The first kappa shape index (κ1) is 17.6. The van der Waals surface area contributed by atoms with Crippen molar-refractivity contribution in [3.63, 3.8) is 0 Å². The van der Waals surface area contributed by atoms with Gasteiger partial charge in [-0.25, -0.2) is 0 Å². The van der Waals surface area contributed by atoms with Crippen LogP contribution in [0, 0.1) is 0 Å². The Morgan fingerprint density at radius 3 is 2.38 bits per heavy atom. The average Bonchev–Trinajstić information content (AvgIpc) is 2.48. The number of piperidine rings is 1. The van der Waals surface area contributed by atoms with Gasteiger partial charge in [-0.2, -0.15) is 0 Å². The predicted octanol–water partition coefficient (Wildman–Crippen LogP) is 1.84. The summed E-state index contributed by atoms with van der Waals surface area (Å²) in [5.74, 6) is 1.68. The van der Waals surface area contributed by atoms with Crippen LogP contribution in [0.4, 0.5) is 0 Å². The number of rotatable bonds is 5. The highest BCUT2D eigenvalue weighted by molar-refractivity contribution is 5.85. The zero-order chi connectivity index (χ0) is 14.4. The SMILES string of the molecule is COc1ccc(OCCC(=O)N2CCC(N)CC2)cc1.Cl. The number of hydrogen-bond acceptors (Lipinski definition) is 4. The Morgan fingerprint density at radius 2 is 1.81 bits per heavy atom. The average molecular weight is 315 g/mol. The number of hydrogen-bond donors (Lipinski definition) is 1. The Balaban J connectivity index is 0.00000220. The lowest BCUT2D eigenvalue weighted by atomic mass is 10.1. The molecule has 1 fully saturated rings. The van der Waals surface area contributed by atoms with E-state index in [1.807, 2.05) is 29.2 Å². The Bertz CT molecular complexity index is 431. The first-order valence-corrected chi connectivity index (χ1v) is 6.99. The molecule has 21 heavy (non-hydrogen) atoms. The summed E-state index contributed by atoms with van der Waals surface area (Å²) in [6, 6.07) is 7.59. The first-order chi connectivity index (χ1) is 9.69. The van der Waals surface area contributed by atoms with Gasteiger partial charge in [-0.3, -0.25) is 4.79 Å². The molecular weight excluding hydrogens is 292 g/mol. The van der Waals surface area contributed by atoms with E-state index in [1.54, 1.807) is 7.11 Å². The highest BCUT2D eigenvalue weighted by Gasteiger charge is 2.20. The summed E-state index contributed by atoms with van der Waals surface area (Å²) in [5.41, 5.74) is 5.82. The molecule has 118 valence electrons. The number of nitrogens with two attached hydrogens (primary N) is 1. The van der Waals surface area contributed by atoms with Crippen molar-refractivity contribution in [1.82, 2.24) is 4.90 Å². The van der Waals surface area contributed by atoms with Crippen LogP contribution < -0.4 is 15.2 Å². The van der Waals surface area contributed by atoms with Crippen molar-refractivity contribution < 1.29 is 14.3 Å². The van der Waals surface area contributed by atoms with E-state index in [0.29, 0.717) is 13.0 Å². The van der Waals surface area contributed by atoms with Crippen LogP contribution in [0.15, 0.2) is 24.3 Å². The largest absolute Gasteiger partial charge is 0.497 e. The molecule has 1 aromatic carbocycles. The highest BCUT2D eigenvalue weighted by Crippen LogP contribution is 2.17. The zero-order valence-electron chi connectivity index (χ0n) is 12.3. The van der Waals surface area contributed by atoms with Crippen molar-refractivity contribution in [3.05, 3.63) is 24.3 Å². The number of carbonyl (C=O) groups excluding carboxylic acids is 1. The lowest BCUT2D eigenvalue weighted by molar-refractivity contribution is -0.132.